The maximum atomic E-state index is 13.6. The summed E-state index contributed by atoms with van der Waals surface area (Å²) in [5.74, 6) is -1.50. The number of hydrogen-bond acceptors (Lipinski definition) is 2. The van der Waals surface area contributed by atoms with E-state index in [0.717, 1.165) is 32.1 Å². The molecule has 1 aliphatic carbocycles. The molecule has 2 atom stereocenters. The number of allylic oxidation sites excluding steroid dienone is 2. The van der Waals surface area contributed by atoms with Crippen LogP contribution in [0.15, 0.2) is 24.3 Å². The number of nitrogens with one attached hydrogen (secondary N) is 2. The molecule has 0 saturated heterocycles. The second kappa shape index (κ2) is 13.2. The molecule has 0 bridgehead atoms. The monoisotopic (exact) mass is 330 g/mol. The molecule has 0 radical (unpaired) electrons. The van der Waals surface area contributed by atoms with Crippen molar-refractivity contribution in [2.75, 3.05) is 7.05 Å². The van der Waals surface area contributed by atoms with Crippen LogP contribution in [0.3, 0.4) is 0 Å². The van der Waals surface area contributed by atoms with Crippen LogP contribution in [0, 0.1) is 0 Å². The molecular formula is C18H32F2N2O. The fourth-order valence-electron chi connectivity index (χ4n) is 2.52. The van der Waals surface area contributed by atoms with Gasteiger partial charge in [0.25, 0.3) is 5.91 Å². The van der Waals surface area contributed by atoms with E-state index in [9.17, 15) is 13.6 Å². The lowest BCUT2D eigenvalue weighted by atomic mass is 10.1. The Kier molecular flexibility index (Phi) is 12.5. The van der Waals surface area contributed by atoms with Gasteiger partial charge in [0.2, 0.25) is 0 Å². The number of hydrogen-bond donors (Lipinski definition) is 2. The lowest BCUT2D eigenvalue weighted by molar-refractivity contribution is -0.119. The highest BCUT2D eigenvalue weighted by molar-refractivity contribution is 5.91. The van der Waals surface area contributed by atoms with Crippen molar-refractivity contribution in [2.24, 2.45) is 0 Å². The molecule has 5 heteroatoms. The molecule has 2 N–H and O–H groups in total. The van der Waals surface area contributed by atoms with Crippen LogP contribution in [0.4, 0.5) is 8.78 Å². The van der Waals surface area contributed by atoms with E-state index in [1.54, 1.807) is 0 Å². The van der Waals surface area contributed by atoms with Gasteiger partial charge in [-0.2, -0.15) is 0 Å². The number of carbonyl (C=O) groups excluding carboxylic acids is 1. The smallest absolute Gasteiger partial charge is 0.279 e. The SMILES string of the molecule is C=C(C)F.CCCCCC/C=C(\F)C(=O)N[C@@H]1CC[C@H](NC)C1. The third kappa shape index (κ3) is 11.9. The highest BCUT2D eigenvalue weighted by Gasteiger charge is 2.25. The summed E-state index contributed by atoms with van der Waals surface area (Å²) in [4.78, 5) is 11.6. The second-order valence-corrected chi connectivity index (χ2v) is 6.05. The number of unbranched alkanes of at least 4 members (excludes halogenated alkanes) is 4. The van der Waals surface area contributed by atoms with Crippen molar-refractivity contribution in [3.05, 3.63) is 24.3 Å². The summed E-state index contributed by atoms with van der Waals surface area (Å²) in [6.07, 6.45) is 9.36. The summed E-state index contributed by atoms with van der Waals surface area (Å²) >= 11 is 0. The zero-order chi connectivity index (χ0) is 17.7. The molecule has 134 valence electrons. The van der Waals surface area contributed by atoms with E-state index < -0.39 is 11.7 Å². The first-order chi connectivity index (χ1) is 10.9. The molecule has 0 heterocycles. The standard InChI is InChI=1S/C15H27FN2O.C3H5F/c1-3-4-5-6-7-8-14(16)15(19)18-13-10-9-12(11-13)17-2;1-3(2)4/h8,12-13,17H,3-7,9-11H2,1-2H3,(H,18,19);1H2,2H3/b14-8-;/t12-,13+;/m0./s1. The third-order valence-electron chi connectivity index (χ3n) is 3.77. The Bertz CT molecular complexity index is 379. The van der Waals surface area contributed by atoms with Crippen LogP contribution < -0.4 is 10.6 Å². The van der Waals surface area contributed by atoms with Gasteiger partial charge in [-0.05, 0) is 52.2 Å². The molecule has 0 aromatic heterocycles. The predicted octanol–water partition coefficient (Wildman–Crippen LogP) is 4.56. The van der Waals surface area contributed by atoms with Gasteiger partial charge in [-0.3, -0.25) is 4.79 Å². The van der Waals surface area contributed by atoms with E-state index in [0.29, 0.717) is 12.5 Å². The number of carbonyl (C=O) groups is 1. The summed E-state index contributed by atoms with van der Waals surface area (Å²) in [7, 11) is 1.92. The van der Waals surface area contributed by atoms with Crippen molar-refractivity contribution in [1.82, 2.24) is 10.6 Å². The minimum atomic E-state index is -0.621. The van der Waals surface area contributed by atoms with E-state index in [1.165, 1.54) is 25.8 Å². The summed E-state index contributed by atoms with van der Waals surface area (Å²) < 4.78 is 24.4. The van der Waals surface area contributed by atoms with Crippen LogP contribution in [-0.2, 0) is 4.79 Å². The highest BCUT2D eigenvalue weighted by atomic mass is 19.1. The van der Waals surface area contributed by atoms with Crippen molar-refractivity contribution in [2.45, 2.75) is 77.3 Å². The molecule has 0 aliphatic heterocycles. The first-order valence-electron chi connectivity index (χ1n) is 8.55. The molecule has 23 heavy (non-hydrogen) atoms. The van der Waals surface area contributed by atoms with E-state index in [1.807, 2.05) is 7.05 Å². The lowest BCUT2D eigenvalue weighted by Gasteiger charge is -2.12. The molecule has 0 aromatic rings. The maximum absolute atomic E-state index is 13.6. The van der Waals surface area contributed by atoms with Gasteiger partial charge < -0.3 is 10.6 Å². The largest absolute Gasteiger partial charge is 0.347 e. The van der Waals surface area contributed by atoms with Gasteiger partial charge in [0.05, 0.1) is 5.83 Å². The van der Waals surface area contributed by atoms with Crippen LogP contribution in [-0.4, -0.2) is 25.0 Å². The zero-order valence-electron chi connectivity index (χ0n) is 14.8. The van der Waals surface area contributed by atoms with Gasteiger partial charge in [0.1, 0.15) is 0 Å². The van der Waals surface area contributed by atoms with E-state index in [4.69, 9.17) is 0 Å². The zero-order valence-corrected chi connectivity index (χ0v) is 14.8. The topological polar surface area (TPSA) is 41.1 Å². The predicted molar refractivity (Wildman–Crippen MR) is 92.5 cm³/mol. The van der Waals surface area contributed by atoms with E-state index >= 15 is 0 Å². The minimum absolute atomic E-state index is 0.115. The van der Waals surface area contributed by atoms with Crippen molar-refractivity contribution >= 4 is 5.91 Å². The first-order valence-corrected chi connectivity index (χ1v) is 8.55. The molecule has 1 amide bonds. The Morgan fingerprint density at radius 3 is 2.35 bits per heavy atom. The van der Waals surface area contributed by atoms with Gasteiger partial charge in [-0.15, -0.1) is 0 Å². The van der Waals surface area contributed by atoms with Crippen LogP contribution in [0.25, 0.3) is 0 Å². The molecule has 1 saturated carbocycles. The van der Waals surface area contributed by atoms with Crippen LogP contribution in [0.1, 0.15) is 65.2 Å². The van der Waals surface area contributed by atoms with E-state index in [2.05, 4.69) is 24.1 Å². The second-order valence-electron chi connectivity index (χ2n) is 6.05. The maximum Gasteiger partial charge on any atom is 0.279 e. The average Bonchev–Trinajstić information content (AvgIpc) is 2.93. The van der Waals surface area contributed by atoms with Gasteiger partial charge in [0.15, 0.2) is 5.83 Å². The minimum Gasteiger partial charge on any atom is -0.347 e. The summed E-state index contributed by atoms with van der Waals surface area (Å²) in [6.45, 7) is 6.34. The summed E-state index contributed by atoms with van der Waals surface area (Å²) in [5, 5.41) is 5.96. The Morgan fingerprint density at radius 2 is 1.83 bits per heavy atom. The Labute approximate surface area is 139 Å². The van der Waals surface area contributed by atoms with E-state index in [-0.39, 0.29) is 11.9 Å². The van der Waals surface area contributed by atoms with Crippen molar-refractivity contribution in [3.63, 3.8) is 0 Å². The Balaban J connectivity index is 0.00000108. The third-order valence-corrected chi connectivity index (χ3v) is 3.77. The fraction of sp³-hybridized carbons (Fsp3) is 0.722. The molecule has 1 rings (SSSR count). The molecule has 0 spiro atoms. The normalized spacial score (nSPS) is 20.7. The summed E-state index contributed by atoms with van der Waals surface area (Å²) in [5.41, 5.74) is 0. The van der Waals surface area contributed by atoms with Crippen molar-refractivity contribution in [3.8, 4) is 0 Å². The molecule has 1 aliphatic rings. The van der Waals surface area contributed by atoms with Gasteiger partial charge in [0, 0.05) is 12.1 Å². The number of halogens is 2. The van der Waals surface area contributed by atoms with Crippen LogP contribution in [0.5, 0.6) is 0 Å². The Hall–Kier alpha value is -1.23. The molecular weight excluding hydrogens is 298 g/mol. The summed E-state index contributed by atoms with van der Waals surface area (Å²) in [6, 6.07) is 0.565. The van der Waals surface area contributed by atoms with Gasteiger partial charge in [-0.25, -0.2) is 8.78 Å². The fourth-order valence-corrected chi connectivity index (χ4v) is 2.52. The number of amides is 1. The van der Waals surface area contributed by atoms with Gasteiger partial charge >= 0.3 is 0 Å². The average molecular weight is 330 g/mol. The van der Waals surface area contributed by atoms with Crippen molar-refractivity contribution in [1.29, 1.82) is 0 Å². The number of rotatable bonds is 8. The Morgan fingerprint density at radius 1 is 1.22 bits per heavy atom. The quantitative estimate of drug-likeness (QED) is 0.506. The highest BCUT2D eigenvalue weighted by Crippen LogP contribution is 2.19. The van der Waals surface area contributed by atoms with Gasteiger partial charge in [-0.1, -0.05) is 32.8 Å². The van der Waals surface area contributed by atoms with Crippen molar-refractivity contribution < 1.29 is 13.6 Å². The first kappa shape index (κ1) is 21.8. The molecule has 0 unspecified atom stereocenters. The lowest BCUT2D eigenvalue weighted by Crippen LogP contribution is -2.34. The van der Waals surface area contributed by atoms with Crippen LogP contribution in [0.2, 0.25) is 0 Å². The van der Waals surface area contributed by atoms with Crippen LogP contribution >= 0.6 is 0 Å². The molecule has 0 aromatic carbocycles. The molecule has 1 fully saturated rings. The molecule has 3 nitrogen and oxygen atoms in total.